The average Bonchev–Trinajstić information content (AvgIpc) is 3.44. The van der Waals surface area contributed by atoms with Gasteiger partial charge in [0, 0.05) is 18.3 Å². The van der Waals surface area contributed by atoms with Gasteiger partial charge in [-0.3, -0.25) is 9.69 Å². The Balaban J connectivity index is 1.61. The summed E-state index contributed by atoms with van der Waals surface area (Å²) in [5.41, 5.74) is 2.31. The van der Waals surface area contributed by atoms with E-state index in [9.17, 15) is 4.79 Å². The van der Waals surface area contributed by atoms with Crippen molar-refractivity contribution in [3.8, 4) is 0 Å². The molecule has 1 aliphatic rings. The molecule has 0 spiro atoms. The summed E-state index contributed by atoms with van der Waals surface area (Å²) in [6.07, 6.45) is 7.09. The van der Waals surface area contributed by atoms with Crippen LogP contribution < -0.4 is 5.32 Å². The molecule has 4 rings (SSSR count). The Morgan fingerprint density at radius 1 is 1.19 bits per heavy atom. The van der Waals surface area contributed by atoms with Crippen molar-refractivity contribution in [2.24, 2.45) is 0 Å². The molecular formula is C24H33N5O2. The number of hydrogen-bond acceptors (Lipinski definition) is 5. The molecule has 0 unspecified atom stereocenters. The number of nitrogens with one attached hydrogen (secondary N) is 1. The van der Waals surface area contributed by atoms with Gasteiger partial charge in [-0.1, -0.05) is 20.3 Å². The summed E-state index contributed by atoms with van der Waals surface area (Å²) in [5.74, 6) is 1.03. The lowest BCUT2D eigenvalue weighted by molar-refractivity contribution is 0.0915. The smallest absolute Gasteiger partial charge is 0.252 e. The van der Waals surface area contributed by atoms with Crippen LogP contribution in [0.25, 0.3) is 11.0 Å². The van der Waals surface area contributed by atoms with Crippen molar-refractivity contribution < 1.29 is 9.21 Å². The van der Waals surface area contributed by atoms with Crippen molar-refractivity contribution in [2.45, 2.75) is 65.0 Å². The van der Waals surface area contributed by atoms with E-state index >= 15 is 0 Å². The van der Waals surface area contributed by atoms with Gasteiger partial charge in [0.1, 0.15) is 5.76 Å². The minimum absolute atomic E-state index is 0.0412. The van der Waals surface area contributed by atoms with Gasteiger partial charge in [-0.15, -0.1) is 0 Å². The van der Waals surface area contributed by atoms with Gasteiger partial charge in [-0.2, -0.15) is 5.10 Å². The van der Waals surface area contributed by atoms with Crippen LogP contribution in [-0.2, 0) is 0 Å². The zero-order valence-electron chi connectivity index (χ0n) is 19.0. The molecule has 7 nitrogen and oxygen atoms in total. The molecular weight excluding hydrogens is 390 g/mol. The molecule has 0 aliphatic carbocycles. The topological polar surface area (TPSA) is 76.2 Å². The van der Waals surface area contributed by atoms with Gasteiger partial charge in [0.15, 0.2) is 5.65 Å². The number of rotatable bonds is 7. The van der Waals surface area contributed by atoms with Gasteiger partial charge in [-0.05, 0) is 63.9 Å². The van der Waals surface area contributed by atoms with Crippen molar-refractivity contribution in [1.82, 2.24) is 25.0 Å². The van der Waals surface area contributed by atoms with Crippen molar-refractivity contribution in [3.63, 3.8) is 0 Å². The maximum absolute atomic E-state index is 13.3. The van der Waals surface area contributed by atoms with Crippen LogP contribution in [0.2, 0.25) is 0 Å². The fourth-order valence-electron chi connectivity index (χ4n) is 4.30. The molecule has 0 saturated carbocycles. The number of nitrogens with zero attached hydrogens (tertiary/aromatic N) is 4. The van der Waals surface area contributed by atoms with E-state index in [0.717, 1.165) is 35.6 Å². The predicted molar refractivity (Wildman–Crippen MR) is 121 cm³/mol. The van der Waals surface area contributed by atoms with E-state index in [1.54, 1.807) is 12.5 Å². The lowest BCUT2D eigenvalue weighted by Crippen LogP contribution is -2.40. The maximum Gasteiger partial charge on any atom is 0.252 e. The first-order valence-electron chi connectivity index (χ1n) is 11.4. The molecule has 1 saturated heterocycles. The number of fused-ring (bicyclic) bond motifs is 1. The highest BCUT2D eigenvalue weighted by Gasteiger charge is 2.26. The van der Waals surface area contributed by atoms with Crippen LogP contribution in [0.1, 0.15) is 86.8 Å². The molecule has 1 N–H and O–H groups in total. The number of carbonyl (C=O) groups is 1. The highest BCUT2D eigenvalue weighted by Crippen LogP contribution is 2.26. The van der Waals surface area contributed by atoms with Crippen LogP contribution in [0.5, 0.6) is 0 Å². The number of likely N-dealkylation sites (tertiary alicyclic amines) is 1. The minimum Gasteiger partial charge on any atom is -0.468 e. The standard InChI is InChI=1S/C24H33N5O2/c1-16(2)20-13-18(19-14-26-29(17(3)4)23(19)27-20)24(30)25-15-21(22-9-8-12-31-22)28-10-6-5-7-11-28/h8-9,12-14,16-17,21H,5-7,10-11,15H2,1-4H3,(H,25,30)/t21-/m0/s1. The van der Waals surface area contributed by atoms with Crippen molar-refractivity contribution in [3.05, 3.63) is 47.7 Å². The van der Waals surface area contributed by atoms with E-state index in [1.807, 2.05) is 22.9 Å². The van der Waals surface area contributed by atoms with E-state index in [4.69, 9.17) is 9.40 Å². The number of furan rings is 1. The van der Waals surface area contributed by atoms with Gasteiger partial charge < -0.3 is 9.73 Å². The van der Waals surface area contributed by atoms with E-state index in [1.165, 1.54) is 19.3 Å². The average molecular weight is 424 g/mol. The Morgan fingerprint density at radius 3 is 2.61 bits per heavy atom. The van der Waals surface area contributed by atoms with Crippen LogP contribution >= 0.6 is 0 Å². The SMILES string of the molecule is CC(C)c1cc(C(=O)NC[C@@H](c2ccco2)N2CCCCC2)c2cnn(C(C)C)c2n1. The van der Waals surface area contributed by atoms with Gasteiger partial charge in [0.05, 0.1) is 29.5 Å². The summed E-state index contributed by atoms with van der Waals surface area (Å²) >= 11 is 0. The van der Waals surface area contributed by atoms with Crippen LogP contribution in [0.15, 0.2) is 35.1 Å². The maximum atomic E-state index is 13.3. The van der Waals surface area contributed by atoms with Gasteiger partial charge in [-0.25, -0.2) is 9.67 Å². The number of amides is 1. The van der Waals surface area contributed by atoms with E-state index in [2.05, 4.69) is 43.0 Å². The van der Waals surface area contributed by atoms with E-state index < -0.39 is 0 Å². The summed E-state index contributed by atoms with van der Waals surface area (Å²) in [7, 11) is 0. The summed E-state index contributed by atoms with van der Waals surface area (Å²) < 4.78 is 7.61. The molecule has 7 heteroatoms. The van der Waals surface area contributed by atoms with Crippen LogP contribution in [0.4, 0.5) is 0 Å². The van der Waals surface area contributed by atoms with E-state index in [0.29, 0.717) is 12.1 Å². The number of piperidine rings is 1. The molecule has 3 aromatic rings. The molecule has 0 bridgehead atoms. The number of aromatic nitrogens is 3. The largest absolute Gasteiger partial charge is 0.468 e. The first-order valence-corrected chi connectivity index (χ1v) is 11.4. The fourth-order valence-corrected chi connectivity index (χ4v) is 4.30. The first-order chi connectivity index (χ1) is 15.0. The third-order valence-electron chi connectivity index (χ3n) is 6.07. The van der Waals surface area contributed by atoms with E-state index in [-0.39, 0.29) is 23.9 Å². The molecule has 166 valence electrons. The normalized spacial score (nSPS) is 16.3. The Labute approximate surface area is 183 Å². The lowest BCUT2D eigenvalue weighted by Gasteiger charge is -2.33. The second-order valence-corrected chi connectivity index (χ2v) is 9.01. The van der Waals surface area contributed by atoms with Crippen LogP contribution in [0, 0.1) is 0 Å². The summed E-state index contributed by atoms with van der Waals surface area (Å²) in [6.45, 7) is 10.9. The second kappa shape index (κ2) is 9.22. The van der Waals surface area contributed by atoms with Gasteiger partial charge >= 0.3 is 0 Å². The first kappa shape index (κ1) is 21.6. The summed E-state index contributed by atoms with van der Waals surface area (Å²) in [6, 6.07) is 6.04. The Bertz CT molecular complexity index is 1020. The summed E-state index contributed by atoms with van der Waals surface area (Å²) in [5, 5.41) is 8.47. The molecule has 31 heavy (non-hydrogen) atoms. The molecule has 1 aliphatic heterocycles. The van der Waals surface area contributed by atoms with Crippen molar-refractivity contribution >= 4 is 16.9 Å². The minimum atomic E-state index is -0.0915. The molecule has 4 heterocycles. The van der Waals surface area contributed by atoms with Crippen molar-refractivity contribution in [2.75, 3.05) is 19.6 Å². The van der Waals surface area contributed by atoms with Gasteiger partial charge in [0.25, 0.3) is 5.91 Å². The number of carbonyl (C=O) groups excluding carboxylic acids is 1. The highest BCUT2D eigenvalue weighted by molar-refractivity contribution is 6.05. The zero-order valence-corrected chi connectivity index (χ0v) is 19.0. The predicted octanol–water partition coefficient (Wildman–Crippen LogP) is 4.69. The molecule has 1 atom stereocenters. The van der Waals surface area contributed by atoms with Gasteiger partial charge in [0.2, 0.25) is 0 Å². The Hall–Kier alpha value is -2.67. The quantitative estimate of drug-likeness (QED) is 0.597. The third-order valence-corrected chi connectivity index (χ3v) is 6.07. The molecule has 0 aromatic carbocycles. The Morgan fingerprint density at radius 2 is 1.97 bits per heavy atom. The monoisotopic (exact) mass is 423 g/mol. The summed E-state index contributed by atoms with van der Waals surface area (Å²) in [4.78, 5) is 20.6. The lowest BCUT2D eigenvalue weighted by atomic mass is 10.0. The van der Waals surface area contributed by atoms with Crippen molar-refractivity contribution in [1.29, 1.82) is 0 Å². The number of hydrogen-bond donors (Lipinski definition) is 1. The molecule has 0 radical (unpaired) electrons. The van der Waals surface area contributed by atoms with Crippen LogP contribution in [-0.4, -0.2) is 45.2 Å². The zero-order chi connectivity index (χ0) is 22.0. The second-order valence-electron chi connectivity index (χ2n) is 9.01. The molecule has 1 fully saturated rings. The Kier molecular flexibility index (Phi) is 6.41. The molecule has 3 aromatic heterocycles. The number of pyridine rings is 1. The third kappa shape index (κ3) is 4.51. The highest BCUT2D eigenvalue weighted by atomic mass is 16.3. The fraction of sp³-hybridized carbons (Fsp3) is 0.542. The molecule has 1 amide bonds. The van der Waals surface area contributed by atoms with Crippen LogP contribution in [0.3, 0.4) is 0 Å².